The number of aromatic nitrogens is 3. The van der Waals surface area contributed by atoms with Crippen molar-refractivity contribution in [2.45, 2.75) is 12.4 Å². The van der Waals surface area contributed by atoms with Gasteiger partial charge >= 0.3 is 12.4 Å². The van der Waals surface area contributed by atoms with Crippen LogP contribution in [-0.4, -0.2) is 28.8 Å². The molecule has 150 valence electrons. The molecule has 2 aromatic heterocycles. The molecule has 0 spiro atoms. The van der Waals surface area contributed by atoms with Crippen LogP contribution in [0.15, 0.2) is 29.1 Å². The summed E-state index contributed by atoms with van der Waals surface area (Å²) in [4.78, 5) is 15.2. The monoisotopic (exact) mass is 407 g/mol. The van der Waals surface area contributed by atoms with Gasteiger partial charge in [0.2, 0.25) is 0 Å². The van der Waals surface area contributed by atoms with Crippen LogP contribution in [0.1, 0.15) is 11.4 Å². The number of aromatic amines is 1. The fourth-order valence-electron chi connectivity index (χ4n) is 2.65. The summed E-state index contributed by atoms with van der Waals surface area (Å²) in [5.41, 5.74) is -6.09. The second-order valence-corrected chi connectivity index (χ2v) is 5.57. The third kappa shape index (κ3) is 3.25. The Bertz CT molecular complexity index is 1100. The van der Waals surface area contributed by atoms with Gasteiger partial charge in [0.05, 0.1) is 19.8 Å². The zero-order valence-corrected chi connectivity index (χ0v) is 14.2. The molecule has 1 aromatic carbocycles. The van der Waals surface area contributed by atoms with E-state index in [0.717, 1.165) is 6.07 Å². The zero-order valence-electron chi connectivity index (χ0n) is 14.2. The molecule has 28 heavy (non-hydrogen) atoms. The van der Waals surface area contributed by atoms with E-state index in [4.69, 9.17) is 9.47 Å². The second-order valence-electron chi connectivity index (χ2n) is 5.57. The minimum Gasteiger partial charge on any atom is -0.493 e. The number of nitrogens with one attached hydrogen (secondary N) is 1. The number of nitrogens with zero attached hydrogens (tertiary/aromatic N) is 2. The van der Waals surface area contributed by atoms with Crippen LogP contribution in [0, 0.1) is 0 Å². The molecule has 0 unspecified atom stereocenters. The van der Waals surface area contributed by atoms with Gasteiger partial charge in [0, 0.05) is 6.07 Å². The van der Waals surface area contributed by atoms with Crippen LogP contribution >= 0.6 is 0 Å². The summed E-state index contributed by atoms with van der Waals surface area (Å²) in [5.74, 6) is 0.238. The maximum absolute atomic E-state index is 13.5. The highest BCUT2D eigenvalue weighted by molar-refractivity contribution is 5.81. The Morgan fingerprint density at radius 2 is 1.61 bits per heavy atom. The predicted molar refractivity (Wildman–Crippen MR) is 84.4 cm³/mol. The molecule has 0 radical (unpaired) electrons. The second kappa shape index (κ2) is 6.46. The van der Waals surface area contributed by atoms with Crippen molar-refractivity contribution >= 4 is 5.65 Å². The van der Waals surface area contributed by atoms with Crippen LogP contribution in [0.2, 0.25) is 0 Å². The van der Waals surface area contributed by atoms with Gasteiger partial charge in [0.25, 0.3) is 5.56 Å². The first kappa shape index (κ1) is 19.6. The molecule has 0 atom stereocenters. The summed E-state index contributed by atoms with van der Waals surface area (Å²) in [6.45, 7) is 0. The number of halogens is 6. The molecule has 12 heteroatoms. The van der Waals surface area contributed by atoms with Gasteiger partial charge in [-0.3, -0.25) is 9.89 Å². The number of H-pyrrole nitrogens is 1. The molecular formula is C16H11F6N3O3. The zero-order chi connectivity index (χ0) is 20.9. The van der Waals surface area contributed by atoms with E-state index in [1.165, 1.54) is 26.4 Å². The Labute approximate surface area is 152 Å². The van der Waals surface area contributed by atoms with Crippen molar-refractivity contribution < 1.29 is 35.8 Å². The lowest BCUT2D eigenvalue weighted by Gasteiger charge is -2.11. The van der Waals surface area contributed by atoms with Gasteiger partial charge in [-0.15, -0.1) is 0 Å². The van der Waals surface area contributed by atoms with Crippen LogP contribution < -0.4 is 15.0 Å². The lowest BCUT2D eigenvalue weighted by Crippen LogP contribution is -2.20. The number of benzene rings is 1. The first-order valence-electron chi connectivity index (χ1n) is 7.50. The number of methoxy groups -OCH3 is 2. The molecule has 6 nitrogen and oxygen atoms in total. The lowest BCUT2D eigenvalue weighted by molar-refractivity contribution is -0.141. The largest absolute Gasteiger partial charge is 0.493 e. The SMILES string of the molecule is COc1ccc(-c2c(C(F)(F)F)[nH]n3c(=O)cc(C(F)(F)F)nc23)cc1OC. The molecule has 1 N–H and O–H groups in total. The lowest BCUT2D eigenvalue weighted by atomic mass is 10.0. The third-order valence-electron chi connectivity index (χ3n) is 3.86. The minimum atomic E-state index is -5.02. The highest BCUT2D eigenvalue weighted by Crippen LogP contribution is 2.41. The van der Waals surface area contributed by atoms with Crippen LogP contribution in [-0.2, 0) is 12.4 Å². The summed E-state index contributed by atoms with van der Waals surface area (Å²) in [6, 6.07) is 3.72. The molecule has 2 heterocycles. The molecule has 0 saturated heterocycles. The summed E-state index contributed by atoms with van der Waals surface area (Å²) < 4.78 is 89.9. The minimum absolute atomic E-state index is 0.0433. The quantitative estimate of drug-likeness (QED) is 0.672. The van der Waals surface area contributed by atoms with Crippen LogP contribution in [0.5, 0.6) is 11.5 Å². The van der Waals surface area contributed by atoms with E-state index < -0.39 is 40.5 Å². The fourth-order valence-corrected chi connectivity index (χ4v) is 2.65. The Morgan fingerprint density at radius 1 is 0.964 bits per heavy atom. The maximum Gasteiger partial charge on any atom is 0.433 e. The molecule has 0 bridgehead atoms. The number of rotatable bonds is 3. The molecule has 0 amide bonds. The highest BCUT2D eigenvalue weighted by atomic mass is 19.4. The smallest absolute Gasteiger partial charge is 0.433 e. The summed E-state index contributed by atoms with van der Waals surface area (Å²) in [5, 5.41) is 1.79. The molecule has 0 aliphatic rings. The molecule has 0 fully saturated rings. The van der Waals surface area contributed by atoms with Crippen LogP contribution in [0.25, 0.3) is 16.8 Å². The van der Waals surface area contributed by atoms with E-state index in [9.17, 15) is 31.1 Å². The van der Waals surface area contributed by atoms with Crippen molar-refractivity contribution in [3.05, 3.63) is 46.0 Å². The number of fused-ring (bicyclic) bond motifs is 1. The van der Waals surface area contributed by atoms with Crippen molar-refractivity contribution in [2.75, 3.05) is 14.2 Å². The number of ether oxygens (including phenoxy) is 2. The van der Waals surface area contributed by atoms with Gasteiger partial charge in [-0.25, -0.2) is 9.50 Å². The summed E-state index contributed by atoms with van der Waals surface area (Å²) in [6.07, 6.45) is -10.0. The van der Waals surface area contributed by atoms with E-state index in [1.807, 2.05) is 0 Å². The number of alkyl halides is 6. The van der Waals surface area contributed by atoms with E-state index in [-0.39, 0.29) is 23.1 Å². The van der Waals surface area contributed by atoms with Gasteiger partial charge in [-0.05, 0) is 17.7 Å². The van der Waals surface area contributed by atoms with E-state index in [1.54, 1.807) is 5.10 Å². The molecular weight excluding hydrogens is 396 g/mol. The van der Waals surface area contributed by atoms with E-state index in [2.05, 4.69) is 4.98 Å². The Hall–Kier alpha value is -3.18. The molecule has 0 saturated carbocycles. The van der Waals surface area contributed by atoms with E-state index >= 15 is 0 Å². The topological polar surface area (TPSA) is 68.6 Å². The summed E-state index contributed by atoms with van der Waals surface area (Å²) >= 11 is 0. The number of hydrogen-bond donors (Lipinski definition) is 1. The highest BCUT2D eigenvalue weighted by Gasteiger charge is 2.40. The Kier molecular flexibility index (Phi) is 4.52. The van der Waals surface area contributed by atoms with Crippen LogP contribution in [0.4, 0.5) is 26.3 Å². The first-order valence-corrected chi connectivity index (χ1v) is 7.50. The van der Waals surface area contributed by atoms with Gasteiger partial charge in [0.15, 0.2) is 22.8 Å². The third-order valence-corrected chi connectivity index (χ3v) is 3.86. The van der Waals surface area contributed by atoms with Crippen molar-refractivity contribution in [1.82, 2.24) is 14.6 Å². The standard InChI is InChI=1S/C16H11F6N3O3/c1-27-8-4-3-7(5-9(8)28-2)12-13(16(20,21)22)24-25-11(26)6-10(15(17,18)19)23-14(12)25/h3-6,24H,1-2H3. The summed E-state index contributed by atoms with van der Waals surface area (Å²) in [7, 11) is 2.55. The van der Waals surface area contributed by atoms with Gasteiger partial charge < -0.3 is 9.47 Å². The van der Waals surface area contributed by atoms with Crippen molar-refractivity contribution in [1.29, 1.82) is 0 Å². The molecule has 3 aromatic rings. The fraction of sp³-hybridized carbons (Fsp3) is 0.250. The van der Waals surface area contributed by atoms with Crippen molar-refractivity contribution in [2.24, 2.45) is 0 Å². The average Bonchev–Trinajstić information content (AvgIpc) is 3.01. The van der Waals surface area contributed by atoms with Crippen molar-refractivity contribution in [3.63, 3.8) is 0 Å². The first-order chi connectivity index (χ1) is 13.0. The van der Waals surface area contributed by atoms with E-state index in [0.29, 0.717) is 4.52 Å². The molecule has 0 aliphatic heterocycles. The van der Waals surface area contributed by atoms with Gasteiger partial charge in [0.1, 0.15) is 5.69 Å². The molecule has 3 rings (SSSR count). The van der Waals surface area contributed by atoms with Crippen LogP contribution in [0.3, 0.4) is 0 Å². The predicted octanol–water partition coefficient (Wildman–Crippen LogP) is 3.74. The number of hydrogen-bond acceptors (Lipinski definition) is 4. The normalized spacial score (nSPS) is 12.4. The Morgan fingerprint density at radius 3 is 2.14 bits per heavy atom. The van der Waals surface area contributed by atoms with Gasteiger partial charge in [-0.2, -0.15) is 26.3 Å². The maximum atomic E-state index is 13.5. The molecule has 0 aliphatic carbocycles. The average molecular weight is 407 g/mol. The van der Waals surface area contributed by atoms with Gasteiger partial charge in [-0.1, -0.05) is 6.07 Å². The van der Waals surface area contributed by atoms with Crippen molar-refractivity contribution in [3.8, 4) is 22.6 Å². The Balaban J connectivity index is 2.42.